The van der Waals surface area contributed by atoms with E-state index in [4.69, 9.17) is 0 Å². The molecule has 1 saturated heterocycles. The van der Waals surface area contributed by atoms with Gasteiger partial charge in [-0.25, -0.2) is 19.9 Å². The molecule has 0 unspecified atom stereocenters. The summed E-state index contributed by atoms with van der Waals surface area (Å²) in [5, 5.41) is 3.22. The maximum Gasteiger partial charge on any atom is 0.274 e. The van der Waals surface area contributed by atoms with Crippen molar-refractivity contribution in [3.05, 3.63) is 72.4 Å². The summed E-state index contributed by atoms with van der Waals surface area (Å²) in [4.78, 5) is 39.1. The Bertz CT molecular complexity index is 1260. The van der Waals surface area contributed by atoms with Gasteiger partial charge >= 0.3 is 0 Å². The fraction of sp³-hybridized carbons (Fsp3) is 0.217. The summed E-state index contributed by atoms with van der Waals surface area (Å²) in [6.07, 6.45) is 3.29. The summed E-state index contributed by atoms with van der Waals surface area (Å²) >= 11 is 0. The molecule has 4 aromatic rings. The topological polar surface area (TPSA) is 100 Å². The molecule has 32 heavy (non-hydrogen) atoms. The average molecular weight is 426 g/mol. The molecule has 1 N–H and O–H groups in total. The monoisotopic (exact) mass is 426 g/mol. The van der Waals surface area contributed by atoms with E-state index in [0.717, 1.165) is 22.7 Å². The summed E-state index contributed by atoms with van der Waals surface area (Å²) in [5.74, 6) is 2.82. The molecule has 9 heteroatoms. The first-order chi connectivity index (χ1) is 15.7. The van der Waals surface area contributed by atoms with Gasteiger partial charge in [0, 0.05) is 38.4 Å². The molecule has 1 fully saturated rings. The van der Waals surface area contributed by atoms with E-state index in [1.165, 1.54) is 0 Å². The Morgan fingerprint density at radius 1 is 0.875 bits per heavy atom. The van der Waals surface area contributed by atoms with Crippen LogP contribution in [0.3, 0.4) is 0 Å². The van der Waals surface area contributed by atoms with Gasteiger partial charge < -0.3 is 15.1 Å². The Hall–Kier alpha value is -4.14. The maximum atomic E-state index is 13.0. The van der Waals surface area contributed by atoms with Crippen LogP contribution in [-0.2, 0) is 0 Å². The van der Waals surface area contributed by atoms with Gasteiger partial charge in [-0.3, -0.25) is 9.78 Å². The number of carbonyl (C=O) groups is 1. The molecule has 0 bridgehead atoms. The number of amides is 1. The van der Waals surface area contributed by atoms with Crippen LogP contribution in [0.4, 0.5) is 17.5 Å². The number of rotatable bonds is 4. The van der Waals surface area contributed by atoms with Crippen LogP contribution in [0.25, 0.3) is 11.0 Å². The third-order valence-electron chi connectivity index (χ3n) is 5.30. The molecule has 0 atom stereocenters. The molecule has 3 aromatic heterocycles. The molecule has 4 heterocycles. The quantitative estimate of drug-likeness (QED) is 0.532. The Morgan fingerprint density at radius 2 is 1.66 bits per heavy atom. The Kier molecular flexibility index (Phi) is 5.29. The number of hydrogen-bond acceptors (Lipinski definition) is 8. The van der Waals surface area contributed by atoms with Crippen LogP contribution in [0.2, 0.25) is 0 Å². The van der Waals surface area contributed by atoms with Crippen LogP contribution < -0.4 is 10.2 Å². The van der Waals surface area contributed by atoms with Gasteiger partial charge in [0.25, 0.3) is 5.91 Å². The first-order valence-corrected chi connectivity index (χ1v) is 10.5. The minimum atomic E-state index is -0.0979. The largest absolute Gasteiger partial charge is 0.353 e. The summed E-state index contributed by atoms with van der Waals surface area (Å²) < 4.78 is 0. The van der Waals surface area contributed by atoms with Gasteiger partial charge in [0.05, 0.1) is 17.2 Å². The number of pyridine rings is 1. The third kappa shape index (κ3) is 4.18. The number of aromatic nitrogens is 5. The first-order valence-electron chi connectivity index (χ1n) is 10.5. The van der Waals surface area contributed by atoms with Gasteiger partial charge in [0.2, 0.25) is 0 Å². The molecule has 0 spiro atoms. The third-order valence-corrected chi connectivity index (χ3v) is 5.30. The van der Waals surface area contributed by atoms with Crippen LogP contribution in [0.1, 0.15) is 16.3 Å². The lowest BCUT2D eigenvalue weighted by Crippen LogP contribution is -2.49. The molecule has 9 nitrogen and oxygen atoms in total. The molecule has 5 rings (SSSR count). The van der Waals surface area contributed by atoms with Crippen molar-refractivity contribution in [2.75, 3.05) is 36.4 Å². The number of para-hydroxylation sites is 2. The smallest absolute Gasteiger partial charge is 0.274 e. The van der Waals surface area contributed by atoms with Crippen molar-refractivity contribution in [2.45, 2.75) is 6.92 Å². The fourth-order valence-electron chi connectivity index (χ4n) is 3.71. The molecule has 1 aromatic carbocycles. The Morgan fingerprint density at radius 3 is 2.44 bits per heavy atom. The second-order valence-electron chi connectivity index (χ2n) is 7.52. The maximum absolute atomic E-state index is 13.0. The van der Waals surface area contributed by atoms with E-state index in [1.54, 1.807) is 12.4 Å². The van der Waals surface area contributed by atoms with Crippen molar-refractivity contribution in [1.82, 2.24) is 29.8 Å². The lowest BCUT2D eigenvalue weighted by Gasteiger charge is -2.35. The highest BCUT2D eigenvalue weighted by molar-refractivity contribution is 5.94. The summed E-state index contributed by atoms with van der Waals surface area (Å²) in [6, 6.07) is 15.1. The molecule has 1 aliphatic heterocycles. The van der Waals surface area contributed by atoms with E-state index in [2.05, 4.69) is 35.1 Å². The predicted molar refractivity (Wildman–Crippen MR) is 122 cm³/mol. The number of carbonyl (C=O) groups excluding carboxylic acids is 1. The lowest BCUT2D eigenvalue weighted by atomic mass is 10.2. The number of hydrogen-bond donors (Lipinski definition) is 1. The van der Waals surface area contributed by atoms with E-state index in [9.17, 15) is 4.79 Å². The van der Waals surface area contributed by atoms with Crippen LogP contribution in [0.5, 0.6) is 0 Å². The number of benzene rings is 1. The zero-order valence-electron chi connectivity index (χ0n) is 17.6. The highest BCUT2D eigenvalue weighted by atomic mass is 16.2. The highest BCUT2D eigenvalue weighted by Gasteiger charge is 2.24. The van der Waals surface area contributed by atoms with Gasteiger partial charge in [0.15, 0.2) is 0 Å². The van der Waals surface area contributed by atoms with Crippen molar-refractivity contribution < 1.29 is 4.79 Å². The second kappa shape index (κ2) is 8.54. The van der Waals surface area contributed by atoms with Crippen molar-refractivity contribution in [3.63, 3.8) is 0 Å². The molecule has 1 aliphatic rings. The van der Waals surface area contributed by atoms with Crippen LogP contribution in [-0.4, -0.2) is 61.9 Å². The molecule has 1 amide bonds. The number of nitrogens with zero attached hydrogens (tertiary/aromatic N) is 7. The fourth-order valence-corrected chi connectivity index (χ4v) is 3.71. The number of aryl methyl sites for hydroxylation is 1. The van der Waals surface area contributed by atoms with Gasteiger partial charge in [-0.1, -0.05) is 18.2 Å². The van der Waals surface area contributed by atoms with E-state index in [0.29, 0.717) is 43.5 Å². The van der Waals surface area contributed by atoms with Gasteiger partial charge in [0.1, 0.15) is 29.0 Å². The van der Waals surface area contributed by atoms with E-state index < -0.39 is 0 Å². The number of nitrogens with one attached hydrogen (secondary N) is 1. The number of anilines is 3. The molecular weight excluding hydrogens is 404 g/mol. The molecule has 0 saturated carbocycles. The van der Waals surface area contributed by atoms with Gasteiger partial charge in [-0.05, 0) is 31.2 Å². The second-order valence-corrected chi connectivity index (χ2v) is 7.52. The average Bonchev–Trinajstić information content (AvgIpc) is 2.84. The summed E-state index contributed by atoms with van der Waals surface area (Å²) in [7, 11) is 0. The van der Waals surface area contributed by atoms with Crippen molar-refractivity contribution in [3.8, 4) is 0 Å². The van der Waals surface area contributed by atoms with Gasteiger partial charge in [-0.15, -0.1) is 0 Å². The standard InChI is InChI=1S/C23H22N8O/c1-16-26-21(29-20-8-4-5-9-24-20)14-22(27-16)30-10-12-31(13-11-30)23(32)19-15-25-17-6-2-3-7-18(17)28-19/h2-9,14-15H,10-13H2,1H3,(H,24,26,27,29). The molecule has 0 aliphatic carbocycles. The Balaban J connectivity index is 1.27. The lowest BCUT2D eigenvalue weighted by molar-refractivity contribution is 0.0740. The van der Waals surface area contributed by atoms with Gasteiger partial charge in [-0.2, -0.15) is 0 Å². The van der Waals surface area contributed by atoms with Crippen LogP contribution in [0.15, 0.2) is 60.9 Å². The SMILES string of the molecule is Cc1nc(Nc2ccccn2)cc(N2CCN(C(=O)c3cnc4ccccc4n3)CC2)n1. The molecule has 0 radical (unpaired) electrons. The predicted octanol–water partition coefficient (Wildman–Crippen LogP) is 2.83. The zero-order valence-corrected chi connectivity index (χ0v) is 17.6. The molecular formula is C23H22N8O. The van der Waals surface area contributed by atoms with Crippen LogP contribution in [0, 0.1) is 6.92 Å². The van der Waals surface area contributed by atoms with E-state index in [-0.39, 0.29) is 5.91 Å². The highest BCUT2D eigenvalue weighted by Crippen LogP contribution is 2.20. The first kappa shape index (κ1) is 19.8. The Labute approximate surface area is 185 Å². The van der Waals surface area contributed by atoms with Crippen LogP contribution >= 0.6 is 0 Å². The summed E-state index contributed by atoms with van der Waals surface area (Å²) in [6.45, 7) is 4.38. The molecule has 160 valence electrons. The minimum absolute atomic E-state index is 0.0979. The minimum Gasteiger partial charge on any atom is -0.353 e. The van der Waals surface area contributed by atoms with Crippen molar-refractivity contribution in [2.24, 2.45) is 0 Å². The summed E-state index contributed by atoms with van der Waals surface area (Å²) in [5.41, 5.74) is 1.88. The van der Waals surface area contributed by atoms with Crippen molar-refractivity contribution in [1.29, 1.82) is 0 Å². The number of fused-ring (bicyclic) bond motifs is 1. The van der Waals surface area contributed by atoms with E-state index >= 15 is 0 Å². The van der Waals surface area contributed by atoms with Crippen molar-refractivity contribution >= 4 is 34.4 Å². The zero-order chi connectivity index (χ0) is 21.9. The normalized spacial score (nSPS) is 13.9. The number of piperazine rings is 1. The van der Waals surface area contributed by atoms with E-state index in [1.807, 2.05) is 60.4 Å².